The van der Waals surface area contributed by atoms with Crippen molar-refractivity contribution in [2.75, 3.05) is 51.2 Å². The van der Waals surface area contributed by atoms with E-state index in [-0.39, 0.29) is 5.91 Å². The van der Waals surface area contributed by atoms with Crippen LogP contribution < -0.4 is 4.90 Å². The summed E-state index contributed by atoms with van der Waals surface area (Å²) in [5.74, 6) is 0.642. The van der Waals surface area contributed by atoms with Crippen molar-refractivity contribution in [3.05, 3.63) is 18.0 Å². The molecule has 0 spiro atoms. The van der Waals surface area contributed by atoms with Gasteiger partial charge in [-0.2, -0.15) is 0 Å². The van der Waals surface area contributed by atoms with Crippen LogP contribution in [0.2, 0.25) is 0 Å². The number of aromatic nitrogens is 2. The second-order valence-corrected chi connectivity index (χ2v) is 5.01. The van der Waals surface area contributed by atoms with Gasteiger partial charge in [-0.3, -0.25) is 4.79 Å². The van der Waals surface area contributed by atoms with Crippen molar-refractivity contribution < 1.29 is 4.79 Å². The largest absolute Gasteiger partial charge is 0.341 e. The van der Waals surface area contributed by atoms with E-state index in [0.717, 1.165) is 39.3 Å². The van der Waals surface area contributed by atoms with Crippen molar-refractivity contribution in [3.8, 4) is 0 Å². The summed E-state index contributed by atoms with van der Waals surface area (Å²) in [4.78, 5) is 27.3. The fourth-order valence-corrected chi connectivity index (χ4v) is 2.30. The summed E-state index contributed by atoms with van der Waals surface area (Å²) in [6.45, 7) is 9.15. The van der Waals surface area contributed by atoms with Gasteiger partial charge in [0.25, 0.3) is 5.91 Å². The van der Waals surface area contributed by atoms with Crippen molar-refractivity contribution >= 4 is 11.9 Å². The highest BCUT2D eigenvalue weighted by Gasteiger charge is 2.22. The summed E-state index contributed by atoms with van der Waals surface area (Å²) in [6.07, 6.45) is 1.67. The number of likely N-dealkylation sites (N-methyl/N-ethyl adjacent to an activating group) is 1. The Balaban J connectivity index is 2.12. The maximum atomic E-state index is 12.5. The van der Waals surface area contributed by atoms with Gasteiger partial charge in [-0.05, 0) is 27.0 Å². The fraction of sp³-hybridized carbons (Fsp3) is 0.643. The quantitative estimate of drug-likeness (QED) is 0.811. The molecule has 110 valence electrons. The summed E-state index contributed by atoms with van der Waals surface area (Å²) < 4.78 is 0. The molecule has 2 heterocycles. The standard InChI is InChI=1S/C14H23N5O/c1-4-18(5-2)14-15-7-6-12(16-14)13(20)19-10-8-17(3)9-11-19/h6-7H,4-5,8-11H2,1-3H3. The van der Waals surface area contributed by atoms with Gasteiger partial charge in [0.15, 0.2) is 0 Å². The topological polar surface area (TPSA) is 52.6 Å². The third-order valence-electron chi connectivity index (χ3n) is 3.70. The van der Waals surface area contributed by atoms with Crippen LogP contribution in [0.5, 0.6) is 0 Å². The normalized spacial score (nSPS) is 16.2. The SMILES string of the molecule is CCN(CC)c1nccc(C(=O)N2CCN(C)CC2)n1. The summed E-state index contributed by atoms with van der Waals surface area (Å²) in [5, 5.41) is 0. The van der Waals surface area contributed by atoms with Crippen molar-refractivity contribution in [3.63, 3.8) is 0 Å². The average Bonchev–Trinajstić information content (AvgIpc) is 2.49. The van der Waals surface area contributed by atoms with E-state index in [1.54, 1.807) is 12.3 Å². The van der Waals surface area contributed by atoms with Crippen LogP contribution in [0.1, 0.15) is 24.3 Å². The molecule has 1 aromatic rings. The van der Waals surface area contributed by atoms with Crippen LogP contribution in [-0.4, -0.2) is 72.0 Å². The number of nitrogens with zero attached hydrogens (tertiary/aromatic N) is 5. The van der Waals surface area contributed by atoms with E-state index in [1.165, 1.54) is 0 Å². The van der Waals surface area contributed by atoms with E-state index in [4.69, 9.17) is 0 Å². The predicted molar refractivity (Wildman–Crippen MR) is 79.0 cm³/mol. The fourth-order valence-electron chi connectivity index (χ4n) is 2.30. The van der Waals surface area contributed by atoms with Gasteiger partial charge in [0.1, 0.15) is 5.69 Å². The van der Waals surface area contributed by atoms with Crippen molar-refractivity contribution in [2.45, 2.75) is 13.8 Å². The van der Waals surface area contributed by atoms with E-state index in [1.807, 2.05) is 9.80 Å². The molecule has 0 bridgehead atoms. The number of carbonyl (C=O) groups excluding carboxylic acids is 1. The summed E-state index contributed by atoms with van der Waals surface area (Å²) >= 11 is 0. The van der Waals surface area contributed by atoms with Gasteiger partial charge in [-0.25, -0.2) is 9.97 Å². The molecule has 0 radical (unpaired) electrons. The van der Waals surface area contributed by atoms with Crippen LogP contribution in [-0.2, 0) is 0 Å². The first-order valence-electron chi connectivity index (χ1n) is 7.21. The zero-order valence-electron chi connectivity index (χ0n) is 12.5. The van der Waals surface area contributed by atoms with Crippen molar-refractivity contribution in [1.29, 1.82) is 0 Å². The molecule has 1 aliphatic rings. The molecule has 0 N–H and O–H groups in total. The number of piperazine rings is 1. The van der Waals surface area contributed by atoms with Crippen LogP contribution in [0.15, 0.2) is 12.3 Å². The number of hydrogen-bond donors (Lipinski definition) is 0. The number of carbonyl (C=O) groups is 1. The molecule has 0 aromatic carbocycles. The average molecular weight is 277 g/mol. The first-order valence-corrected chi connectivity index (χ1v) is 7.21. The molecule has 1 saturated heterocycles. The Kier molecular flexibility index (Phi) is 4.89. The summed E-state index contributed by atoms with van der Waals surface area (Å²) in [6, 6.07) is 1.70. The maximum absolute atomic E-state index is 12.5. The summed E-state index contributed by atoms with van der Waals surface area (Å²) in [7, 11) is 2.07. The van der Waals surface area contributed by atoms with Crippen LogP contribution in [0.3, 0.4) is 0 Å². The minimum Gasteiger partial charge on any atom is -0.341 e. The molecule has 6 nitrogen and oxygen atoms in total. The number of rotatable bonds is 4. The van der Waals surface area contributed by atoms with E-state index in [0.29, 0.717) is 11.6 Å². The molecule has 0 atom stereocenters. The minimum absolute atomic E-state index is 0.00825. The van der Waals surface area contributed by atoms with Crippen molar-refractivity contribution in [1.82, 2.24) is 19.8 Å². The minimum atomic E-state index is 0.00825. The highest BCUT2D eigenvalue weighted by atomic mass is 16.2. The number of amides is 1. The van der Waals surface area contributed by atoms with Gasteiger partial charge in [-0.1, -0.05) is 0 Å². The Bertz CT molecular complexity index is 453. The lowest BCUT2D eigenvalue weighted by atomic mass is 10.3. The van der Waals surface area contributed by atoms with Crippen molar-refractivity contribution in [2.24, 2.45) is 0 Å². The Morgan fingerprint density at radius 1 is 1.25 bits per heavy atom. The van der Waals surface area contributed by atoms with E-state index >= 15 is 0 Å². The van der Waals surface area contributed by atoms with Gasteiger partial charge in [0, 0.05) is 45.5 Å². The monoisotopic (exact) mass is 277 g/mol. The third kappa shape index (κ3) is 3.25. The van der Waals surface area contributed by atoms with Gasteiger partial charge in [0.05, 0.1) is 0 Å². The first-order chi connectivity index (χ1) is 9.65. The van der Waals surface area contributed by atoms with E-state index in [2.05, 4.69) is 35.8 Å². The first kappa shape index (κ1) is 14.7. The van der Waals surface area contributed by atoms with Gasteiger partial charge >= 0.3 is 0 Å². The molecule has 0 saturated carbocycles. The van der Waals surface area contributed by atoms with Crippen LogP contribution in [0.4, 0.5) is 5.95 Å². The van der Waals surface area contributed by atoms with Gasteiger partial charge in [-0.15, -0.1) is 0 Å². The molecular weight excluding hydrogens is 254 g/mol. The van der Waals surface area contributed by atoms with E-state index < -0.39 is 0 Å². The molecule has 6 heteroatoms. The molecule has 20 heavy (non-hydrogen) atoms. The number of hydrogen-bond acceptors (Lipinski definition) is 5. The zero-order chi connectivity index (χ0) is 14.5. The van der Waals surface area contributed by atoms with Crippen LogP contribution >= 0.6 is 0 Å². The predicted octanol–water partition coefficient (Wildman–Crippen LogP) is 0.710. The maximum Gasteiger partial charge on any atom is 0.272 e. The second-order valence-electron chi connectivity index (χ2n) is 5.01. The van der Waals surface area contributed by atoms with Gasteiger partial charge < -0.3 is 14.7 Å². The highest BCUT2D eigenvalue weighted by Crippen LogP contribution is 2.10. The third-order valence-corrected chi connectivity index (χ3v) is 3.70. The van der Waals surface area contributed by atoms with E-state index in [9.17, 15) is 4.79 Å². The molecule has 1 fully saturated rings. The Morgan fingerprint density at radius 2 is 1.90 bits per heavy atom. The lowest BCUT2D eigenvalue weighted by Gasteiger charge is -2.32. The lowest BCUT2D eigenvalue weighted by Crippen LogP contribution is -2.47. The summed E-state index contributed by atoms with van der Waals surface area (Å²) in [5.41, 5.74) is 0.492. The molecule has 0 aliphatic carbocycles. The van der Waals surface area contributed by atoms with Crippen LogP contribution in [0.25, 0.3) is 0 Å². The molecule has 1 amide bonds. The Hall–Kier alpha value is -1.69. The molecule has 2 rings (SSSR count). The smallest absolute Gasteiger partial charge is 0.272 e. The lowest BCUT2D eigenvalue weighted by molar-refractivity contribution is 0.0658. The molecule has 0 unspecified atom stereocenters. The van der Waals surface area contributed by atoms with Gasteiger partial charge in [0.2, 0.25) is 5.95 Å². The molecule has 1 aliphatic heterocycles. The Morgan fingerprint density at radius 3 is 2.50 bits per heavy atom. The highest BCUT2D eigenvalue weighted by molar-refractivity contribution is 5.92. The number of anilines is 1. The second kappa shape index (κ2) is 6.65. The Labute approximate surface area is 120 Å². The molecular formula is C14H23N5O. The van der Waals surface area contributed by atoms with Crippen LogP contribution in [0, 0.1) is 0 Å². The zero-order valence-corrected chi connectivity index (χ0v) is 12.5. The molecule has 1 aromatic heterocycles.